The van der Waals surface area contributed by atoms with E-state index in [2.05, 4.69) is 166 Å². The van der Waals surface area contributed by atoms with Gasteiger partial charge in [-0.3, -0.25) is 4.57 Å². The van der Waals surface area contributed by atoms with Crippen molar-refractivity contribution < 1.29 is 20.1 Å². The Morgan fingerprint density at radius 2 is 0.968 bits per heavy atom. The van der Waals surface area contributed by atoms with Crippen LogP contribution in [0, 0.1) is 6.07 Å². The molecule has 299 valence electrons. The molecule has 0 fully saturated rings. The Labute approximate surface area is 377 Å². The predicted octanol–water partition coefficient (Wildman–Crippen LogP) is 13.6. The molecule has 4 aromatic heterocycles. The summed E-state index contributed by atoms with van der Waals surface area (Å²) in [5.74, 6) is 1.75. The SMILES string of the molecule is [Ir].[c-]1ccc(-c2ccc3c(c2)c2ccc4c5ccccc5n(-c5cccc(-c6ccccc6)c5)c4c2n3-c2nc(-c3ccccc3)nc(-c3ccccc3)n2)cc1-c1ccccn1. The zero-order valence-electron chi connectivity index (χ0n) is 33.7. The average molecular weight is 984 g/mol. The van der Waals surface area contributed by atoms with E-state index in [1.54, 1.807) is 0 Å². The van der Waals surface area contributed by atoms with Gasteiger partial charge in [-0.2, -0.15) is 9.97 Å². The van der Waals surface area contributed by atoms with Gasteiger partial charge < -0.3 is 9.55 Å². The van der Waals surface area contributed by atoms with Crippen LogP contribution < -0.4 is 0 Å². The molecule has 0 N–H and O–H groups in total. The van der Waals surface area contributed by atoms with E-state index in [4.69, 9.17) is 15.0 Å². The Hall–Kier alpha value is -7.83. The van der Waals surface area contributed by atoms with E-state index in [0.717, 1.165) is 83.0 Å². The quantitative estimate of drug-likeness (QED) is 0.149. The van der Waals surface area contributed by atoms with Gasteiger partial charge in [-0.05, 0) is 58.8 Å². The normalized spacial score (nSPS) is 11.4. The number of aromatic nitrogens is 6. The van der Waals surface area contributed by atoms with Crippen LogP contribution in [0.2, 0.25) is 0 Å². The monoisotopic (exact) mass is 984 g/mol. The van der Waals surface area contributed by atoms with Gasteiger partial charge in [0.25, 0.3) is 0 Å². The van der Waals surface area contributed by atoms with E-state index in [-0.39, 0.29) is 20.1 Å². The second-order valence-corrected chi connectivity index (χ2v) is 15.4. The van der Waals surface area contributed by atoms with Gasteiger partial charge in [0, 0.05) is 64.7 Å². The van der Waals surface area contributed by atoms with Crippen LogP contribution in [0.25, 0.3) is 112 Å². The smallest absolute Gasteiger partial charge is 0.238 e. The molecule has 12 aromatic rings. The summed E-state index contributed by atoms with van der Waals surface area (Å²) in [6, 6.07) is 75.3. The van der Waals surface area contributed by atoms with E-state index in [1.807, 2.05) is 66.9 Å². The fourth-order valence-electron chi connectivity index (χ4n) is 8.88. The largest absolute Gasteiger partial charge is 0.307 e. The van der Waals surface area contributed by atoms with Crippen LogP contribution in [-0.4, -0.2) is 29.1 Å². The first kappa shape index (κ1) is 38.1. The minimum atomic E-state index is 0. The summed E-state index contributed by atoms with van der Waals surface area (Å²) < 4.78 is 4.67. The molecule has 0 saturated heterocycles. The molecule has 0 aliphatic heterocycles. The number of fused-ring (bicyclic) bond motifs is 7. The first-order valence-corrected chi connectivity index (χ1v) is 20.7. The zero-order valence-corrected chi connectivity index (χ0v) is 36.1. The molecule has 1 radical (unpaired) electrons. The van der Waals surface area contributed by atoms with Gasteiger partial charge in [0.05, 0.1) is 22.1 Å². The minimum absolute atomic E-state index is 0. The molecule has 4 heterocycles. The van der Waals surface area contributed by atoms with Crippen LogP contribution in [0.4, 0.5) is 0 Å². The number of nitrogens with zero attached hydrogens (tertiary/aromatic N) is 6. The molecule has 0 atom stereocenters. The second-order valence-electron chi connectivity index (χ2n) is 15.4. The molecular formula is C56H35IrN6-. The molecule has 7 heteroatoms. The molecule has 6 nitrogen and oxygen atoms in total. The molecule has 0 bridgehead atoms. The summed E-state index contributed by atoms with van der Waals surface area (Å²) in [5.41, 5.74) is 13.4. The fraction of sp³-hybridized carbons (Fsp3) is 0. The molecule has 0 spiro atoms. The zero-order chi connectivity index (χ0) is 41.0. The van der Waals surface area contributed by atoms with Crippen LogP contribution in [-0.2, 0) is 20.1 Å². The van der Waals surface area contributed by atoms with Crippen molar-refractivity contribution in [3.05, 3.63) is 219 Å². The van der Waals surface area contributed by atoms with E-state index < -0.39 is 0 Å². The third-order valence-corrected chi connectivity index (χ3v) is 11.7. The van der Waals surface area contributed by atoms with Crippen LogP contribution in [0.1, 0.15) is 0 Å². The fourth-order valence-corrected chi connectivity index (χ4v) is 8.88. The number of hydrogen-bond acceptors (Lipinski definition) is 4. The van der Waals surface area contributed by atoms with Crippen molar-refractivity contribution in [3.63, 3.8) is 0 Å². The first-order valence-electron chi connectivity index (χ1n) is 20.7. The van der Waals surface area contributed by atoms with Gasteiger partial charge >= 0.3 is 0 Å². The summed E-state index contributed by atoms with van der Waals surface area (Å²) in [4.78, 5) is 20.4. The summed E-state index contributed by atoms with van der Waals surface area (Å²) in [5, 5.41) is 4.49. The molecule has 0 amide bonds. The van der Waals surface area contributed by atoms with Crippen molar-refractivity contribution in [2.45, 2.75) is 0 Å². The average Bonchev–Trinajstić information content (AvgIpc) is 3.88. The molecule has 8 aromatic carbocycles. The predicted molar refractivity (Wildman–Crippen MR) is 252 cm³/mol. The number of pyridine rings is 1. The Morgan fingerprint density at radius 3 is 1.68 bits per heavy atom. The minimum Gasteiger partial charge on any atom is -0.307 e. The van der Waals surface area contributed by atoms with Crippen LogP contribution in [0.3, 0.4) is 0 Å². The number of rotatable bonds is 7. The standard InChI is InChI=1S/C56H35N6.Ir/c1-4-16-37(17-5-1)41-23-15-25-44(35-41)61-50-28-11-10-26-45(50)46-30-31-47-48-36-42(40-22-14-24-43(34-40)49-27-12-13-33-57-49)29-32-51(48)62(53(47)52(46)61)56-59-54(38-18-6-2-7-19-38)58-55(60-56)39-20-8-3-9-21-39;/h1-23,25-36H;/q-1;. The van der Waals surface area contributed by atoms with Crippen molar-refractivity contribution in [2.75, 3.05) is 0 Å². The molecule has 0 aliphatic rings. The first-order chi connectivity index (χ1) is 30.7. The van der Waals surface area contributed by atoms with Crippen LogP contribution >= 0.6 is 0 Å². The van der Waals surface area contributed by atoms with Gasteiger partial charge in [-0.25, -0.2) is 4.98 Å². The molecule has 63 heavy (non-hydrogen) atoms. The Balaban J connectivity index is 0.00000444. The van der Waals surface area contributed by atoms with Crippen molar-refractivity contribution in [3.8, 4) is 67.9 Å². The Bertz CT molecular complexity index is 3560. The van der Waals surface area contributed by atoms with Gasteiger partial charge in [0.2, 0.25) is 5.95 Å². The Kier molecular flexibility index (Phi) is 9.61. The molecule has 0 saturated carbocycles. The molecule has 0 unspecified atom stereocenters. The third-order valence-electron chi connectivity index (χ3n) is 11.7. The molecule has 12 rings (SSSR count). The Morgan fingerprint density at radius 1 is 0.381 bits per heavy atom. The van der Waals surface area contributed by atoms with E-state index in [1.165, 1.54) is 10.9 Å². The van der Waals surface area contributed by atoms with Gasteiger partial charge in [-0.15, -0.1) is 35.4 Å². The van der Waals surface area contributed by atoms with Crippen LogP contribution in [0.5, 0.6) is 0 Å². The van der Waals surface area contributed by atoms with E-state index in [0.29, 0.717) is 17.6 Å². The molecule has 0 aliphatic carbocycles. The topological polar surface area (TPSA) is 61.4 Å². The third kappa shape index (κ3) is 6.63. The van der Waals surface area contributed by atoms with E-state index >= 15 is 0 Å². The summed E-state index contributed by atoms with van der Waals surface area (Å²) in [6.45, 7) is 0. The number of benzene rings is 8. The summed E-state index contributed by atoms with van der Waals surface area (Å²) in [6.07, 6.45) is 1.82. The van der Waals surface area contributed by atoms with Crippen molar-refractivity contribution in [1.82, 2.24) is 29.1 Å². The number of hydrogen-bond donors (Lipinski definition) is 0. The maximum absolute atomic E-state index is 5.33. The van der Waals surface area contributed by atoms with Crippen molar-refractivity contribution >= 4 is 43.6 Å². The summed E-state index contributed by atoms with van der Waals surface area (Å²) >= 11 is 0. The molecular weight excluding hydrogens is 949 g/mol. The maximum atomic E-state index is 5.33. The van der Waals surface area contributed by atoms with Crippen LogP contribution in [0.15, 0.2) is 212 Å². The van der Waals surface area contributed by atoms with Crippen molar-refractivity contribution in [1.29, 1.82) is 0 Å². The van der Waals surface area contributed by atoms with Gasteiger partial charge in [0.15, 0.2) is 11.6 Å². The summed E-state index contributed by atoms with van der Waals surface area (Å²) in [7, 11) is 0. The van der Waals surface area contributed by atoms with Gasteiger partial charge in [-0.1, -0.05) is 152 Å². The maximum Gasteiger partial charge on any atom is 0.238 e. The second kappa shape index (κ2) is 15.9. The van der Waals surface area contributed by atoms with E-state index in [9.17, 15) is 0 Å². The van der Waals surface area contributed by atoms with Gasteiger partial charge in [0.1, 0.15) is 0 Å². The number of para-hydroxylation sites is 1. The van der Waals surface area contributed by atoms with Crippen molar-refractivity contribution in [2.24, 2.45) is 0 Å².